The average molecular weight is 262 g/mol. The van der Waals surface area contributed by atoms with Crippen LogP contribution in [-0.2, 0) is 4.79 Å². The molecule has 1 amide bonds. The smallest absolute Gasteiger partial charge is 0.286 e. The molecular weight excluding hydrogens is 250 g/mol. The van der Waals surface area contributed by atoms with Crippen LogP contribution in [0.15, 0.2) is 40.4 Å². The van der Waals surface area contributed by atoms with Gasteiger partial charge in [0.05, 0.1) is 0 Å². The van der Waals surface area contributed by atoms with Crippen molar-refractivity contribution < 1.29 is 9.53 Å². The van der Waals surface area contributed by atoms with Gasteiger partial charge in [0.1, 0.15) is 10.8 Å². The van der Waals surface area contributed by atoms with Crippen LogP contribution in [0.25, 0.3) is 0 Å². The minimum atomic E-state index is -0.363. The van der Waals surface area contributed by atoms with Gasteiger partial charge in [0.25, 0.3) is 5.91 Å². The minimum Gasteiger partial charge on any atom is -0.484 e. The first-order valence-electron chi connectivity index (χ1n) is 5.52. The predicted molar refractivity (Wildman–Crippen MR) is 71.8 cm³/mol. The standard InChI is InChI=1S/C12H12N3O2S/c1-2-11-14-15-12(18-11)13-10(16)8-17-9-6-4-3-5-7-9/h3-7H,2,8H2,1H3. The third-order valence-corrected chi connectivity index (χ3v) is 3.05. The van der Waals surface area contributed by atoms with Crippen molar-refractivity contribution in [1.29, 1.82) is 0 Å². The largest absolute Gasteiger partial charge is 0.484 e. The van der Waals surface area contributed by atoms with E-state index in [4.69, 9.17) is 4.74 Å². The van der Waals surface area contributed by atoms with E-state index in [2.05, 4.69) is 15.5 Å². The zero-order valence-corrected chi connectivity index (χ0v) is 10.7. The number of carbonyl (C=O) groups excluding carboxylic acids is 1. The number of rotatable bonds is 4. The number of carbonyl (C=O) groups is 1. The van der Waals surface area contributed by atoms with Crippen LogP contribution >= 0.6 is 11.8 Å². The number of amidine groups is 1. The van der Waals surface area contributed by atoms with Gasteiger partial charge in [0.15, 0.2) is 6.61 Å². The molecule has 1 radical (unpaired) electrons. The van der Waals surface area contributed by atoms with E-state index in [0.717, 1.165) is 11.5 Å². The second-order valence-corrected chi connectivity index (χ2v) is 4.48. The Morgan fingerprint density at radius 1 is 1.39 bits per heavy atom. The van der Waals surface area contributed by atoms with Crippen LogP contribution in [0, 0.1) is 0 Å². The minimum absolute atomic E-state index is 0.0922. The van der Waals surface area contributed by atoms with Gasteiger partial charge in [-0.2, -0.15) is 4.99 Å². The van der Waals surface area contributed by atoms with E-state index in [1.807, 2.05) is 25.1 Å². The molecule has 1 aromatic rings. The number of hydrogen-bond acceptors (Lipinski definition) is 4. The summed E-state index contributed by atoms with van der Waals surface area (Å²) in [5.74, 6) is 0.283. The highest BCUT2D eigenvalue weighted by Crippen LogP contribution is 2.15. The molecule has 0 saturated carbocycles. The third-order valence-electron chi connectivity index (χ3n) is 2.08. The molecule has 0 aliphatic carbocycles. The number of para-hydroxylation sites is 1. The van der Waals surface area contributed by atoms with Crippen LogP contribution < -0.4 is 10.2 Å². The van der Waals surface area contributed by atoms with E-state index in [9.17, 15) is 4.79 Å². The molecule has 6 heteroatoms. The highest BCUT2D eigenvalue weighted by molar-refractivity contribution is 8.26. The van der Waals surface area contributed by atoms with Gasteiger partial charge in [-0.15, -0.1) is 10.5 Å². The van der Waals surface area contributed by atoms with Gasteiger partial charge in [-0.05, 0) is 30.3 Å². The normalized spacial score (nSPS) is 16.3. The molecule has 0 N–H and O–H groups in total. The first-order valence-corrected chi connectivity index (χ1v) is 6.34. The molecule has 0 unspecified atom stereocenters. The van der Waals surface area contributed by atoms with Gasteiger partial charge in [0, 0.05) is 0 Å². The summed E-state index contributed by atoms with van der Waals surface area (Å²) in [5.41, 5.74) is 3.81. The van der Waals surface area contributed by atoms with Crippen molar-refractivity contribution in [2.75, 3.05) is 6.61 Å². The zero-order chi connectivity index (χ0) is 12.8. The number of benzene rings is 1. The van der Waals surface area contributed by atoms with Crippen molar-refractivity contribution in [2.45, 2.75) is 13.3 Å². The highest BCUT2D eigenvalue weighted by Gasteiger charge is 2.16. The summed E-state index contributed by atoms with van der Waals surface area (Å²) in [5, 5.41) is 5.14. The summed E-state index contributed by atoms with van der Waals surface area (Å²) in [6.45, 7) is 1.88. The van der Waals surface area contributed by atoms with E-state index in [1.54, 1.807) is 12.1 Å². The molecule has 93 valence electrons. The number of hydrogen-bond donors (Lipinski definition) is 0. The molecule has 0 bridgehead atoms. The summed E-state index contributed by atoms with van der Waals surface area (Å²) in [7, 11) is 0. The quantitative estimate of drug-likeness (QED) is 0.833. The Balaban J connectivity index is 1.81. The van der Waals surface area contributed by atoms with Gasteiger partial charge in [0.2, 0.25) is 5.17 Å². The lowest BCUT2D eigenvalue weighted by molar-refractivity contribution is -0.119. The highest BCUT2D eigenvalue weighted by atomic mass is 32.2. The summed E-state index contributed by atoms with van der Waals surface area (Å²) >= 11 is 1.32. The summed E-state index contributed by atoms with van der Waals surface area (Å²) in [4.78, 5) is 15.4. The fourth-order valence-electron chi connectivity index (χ4n) is 1.23. The molecule has 0 aromatic heterocycles. The van der Waals surface area contributed by atoms with Crippen LogP contribution in [-0.4, -0.2) is 22.7 Å². The number of aliphatic imine (C=N–C) groups is 1. The first kappa shape index (κ1) is 12.6. The third kappa shape index (κ3) is 3.59. The van der Waals surface area contributed by atoms with Crippen molar-refractivity contribution in [3.8, 4) is 5.75 Å². The summed E-state index contributed by atoms with van der Waals surface area (Å²) < 4.78 is 5.29. The molecule has 1 aliphatic heterocycles. The average Bonchev–Trinajstić information content (AvgIpc) is 2.85. The van der Waals surface area contributed by atoms with Gasteiger partial charge in [-0.1, -0.05) is 25.1 Å². The molecule has 1 aromatic carbocycles. The molecule has 0 fully saturated rings. The Hall–Kier alpha value is -1.82. The molecule has 1 aliphatic rings. The van der Waals surface area contributed by atoms with E-state index < -0.39 is 0 Å². The van der Waals surface area contributed by atoms with E-state index in [0.29, 0.717) is 10.9 Å². The number of amides is 1. The van der Waals surface area contributed by atoms with Crippen LogP contribution in [0.3, 0.4) is 0 Å². The van der Waals surface area contributed by atoms with Crippen LogP contribution in [0.4, 0.5) is 0 Å². The van der Waals surface area contributed by atoms with Crippen molar-refractivity contribution in [2.24, 2.45) is 10.1 Å². The predicted octanol–water partition coefficient (Wildman–Crippen LogP) is 2.02. The fourth-order valence-corrected chi connectivity index (χ4v) is 1.90. The molecule has 1 heterocycles. The Morgan fingerprint density at radius 2 is 2.17 bits per heavy atom. The monoisotopic (exact) mass is 262 g/mol. The van der Waals surface area contributed by atoms with Crippen LogP contribution in [0.5, 0.6) is 5.75 Å². The Kier molecular flexibility index (Phi) is 4.35. The molecule has 2 rings (SSSR count). The van der Waals surface area contributed by atoms with E-state index >= 15 is 0 Å². The lowest BCUT2D eigenvalue weighted by Crippen LogP contribution is -2.12. The zero-order valence-electron chi connectivity index (χ0n) is 9.87. The van der Waals surface area contributed by atoms with Gasteiger partial charge < -0.3 is 4.74 Å². The molecule has 18 heavy (non-hydrogen) atoms. The van der Waals surface area contributed by atoms with Crippen molar-refractivity contribution >= 4 is 27.9 Å². The summed E-state index contributed by atoms with van der Waals surface area (Å²) in [6, 6.07) is 9.14. The van der Waals surface area contributed by atoms with Crippen molar-refractivity contribution in [1.82, 2.24) is 5.43 Å². The topological polar surface area (TPSA) is 65.1 Å². The number of nitrogens with zero attached hydrogens (tertiary/aromatic N) is 3. The van der Waals surface area contributed by atoms with Crippen LogP contribution in [0.1, 0.15) is 13.3 Å². The van der Waals surface area contributed by atoms with E-state index in [-0.39, 0.29) is 12.5 Å². The maximum atomic E-state index is 11.5. The Labute approximate surface area is 109 Å². The SMILES string of the molecule is CCC1=N[N]C(=NC(=O)COc2ccccc2)S1. The molecule has 0 saturated heterocycles. The van der Waals surface area contributed by atoms with Crippen molar-refractivity contribution in [3.05, 3.63) is 30.3 Å². The molecular formula is C12H12N3O2S. The first-order chi connectivity index (χ1) is 8.78. The molecule has 0 spiro atoms. The number of ether oxygens (including phenoxy) is 1. The maximum absolute atomic E-state index is 11.5. The summed E-state index contributed by atoms with van der Waals surface area (Å²) in [6.07, 6.45) is 0.794. The fraction of sp³-hybridized carbons (Fsp3) is 0.250. The Morgan fingerprint density at radius 3 is 2.83 bits per heavy atom. The van der Waals surface area contributed by atoms with Crippen LogP contribution in [0.2, 0.25) is 0 Å². The van der Waals surface area contributed by atoms with Gasteiger partial charge in [-0.25, -0.2) is 0 Å². The van der Waals surface area contributed by atoms with E-state index in [1.165, 1.54) is 11.8 Å². The Bertz CT molecular complexity index is 485. The van der Waals surface area contributed by atoms with Crippen molar-refractivity contribution in [3.63, 3.8) is 0 Å². The second kappa shape index (κ2) is 6.20. The second-order valence-electron chi connectivity index (χ2n) is 3.44. The number of thioether (sulfide) groups is 1. The van der Waals surface area contributed by atoms with Gasteiger partial charge in [-0.3, -0.25) is 4.79 Å². The maximum Gasteiger partial charge on any atom is 0.286 e. The molecule has 5 nitrogen and oxygen atoms in total. The van der Waals surface area contributed by atoms with Gasteiger partial charge >= 0.3 is 0 Å². The lowest BCUT2D eigenvalue weighted by atomic mass is 10.3. The lowest BCUT2D eigenvalue weighted by Gasteiger charge is -2.02. The molecule has 0 atom stereocenters.